The second-order valence-corrected chi connectivity index (χ2v) is 15.3. The standard InChI is InChI=1S/2C20H24N2O2.H2O4S.2H2O/c2*1-3-13-12-22-9-7-14(13)10-19(22)20(23)16-6-8-21-18-5-4-15(24-2)11-17(16)18;1-5(2,3)4;;/h2*3-6,8,11,13-14,19-20,23H,1,7,9-10,12H2,2H3;(H2,1,2,3,4);2*1H2/t2*13-,14?,19-,20+;;;/m00.../s1. The number of ether oxygens (including phenoxy) is 2. The van der Waals surface area contributed by atoms with Crippen LogP contribution >= 0.6 is 0 Å². The number of pyridine rings is 2. The van der Waals surface area contributed by atoms with Gasteiger partial charge in [0.05, 0.1) is 37.5 Å². The first kappa shape index (κ1) is 43.7. The molecular formula is C40H54N4O10S. The average Bonchev–Trinajstić information content (AvgIpc) is 3.19. The number of aliphatic hydroxyl groups is 2. The number of methoxy groups -OCH3 is 2. The van der Waals surface area contributed by atoms with Crippen molar-refractivity contribution in [2.75, 3.05) is 40.4 Å². The Labute approximate surface area is 322 Å². The van der Waals surface area contributed by atoms with Crippen molar-refractivity contribution in [3.05, 3.63) is 97.4 Å². The first-order chi connectivity index (χ1) is 25.4. The summed E-state index contributed by atoms with van der Waals surface area (Å²) in [6, 6.07) is 15.9. The van der Waals surface area contributed by atoms with Crippen LogP contribution in [0.5, 0.6) is 11.5 Å². The minimum Gasteiger partial charge on any atom is -0.497 e. The van der Waals surface area contributed by atoms with Crippen LogP contribution in [0.25, 0.3) is 21.8 Å². The highest BCUT2D eigenvalue weighted by Gasteiger charge is 2.43. The lowest BCUT2D eigenvalue weighted by molar-refractivity contribution is -0.0445. The van der Waals surface area contributed by atoms with E-state index < -0.39 is 22.6 Å². The zero-order valence-corrected chi connectivity index (χ0v) is 32.1. The summed E-state index contributed by atoms with van der Waals surface area (Å²) in [5.74, 6) is 4.01. The molecule has 6 aliphatic rings. The molecule has 6 fully saturated rings. The van der Waals surface area contributed by atoms with Crippen LogP contribution in [0.4, 0.5) is 0 Å². The largest absolute Gasteiger partial charge is 0.497 e. The van der Waals surface area contributed by atoms with E-state index in [0.29, 0.717) is 23.7 Å². The van der Waals surface area contributed by atoms with Crippen molar-refractivity contribution in [2.24, 2.45) is 23.7 Å². The van der Waals surface area contributed by atoms with Crippen molar-refractivity contribution in [1.82, 2.24) is 19.8 Å². The van der Waals surface area contributed by atoms with Crippen molar-refractivity contribution in [3.63, 3.8) is 0 Å². The summed E-state index contributed by atoms with van der Waals surface area (Å²) in [4.78, 5) is 13.7. The molecule has 10 atom stereocenters. The third-order valence-corrected chi connectivity index (χ3v) is 11.6. The number of hydrogen-bond acceptors (Lipinski definition) is 10. The van der Waals surface area contributed by atoms with Crippen LogP contribution in [-0.4, -0.2) is 111 Å². The van der Waals surface area contributed by atoms with E-state index in [0.717, 1.165) is 83.5 Å². The second-order valence-electron chi connectivity index (χ2n) is 14.4. The van der Waals surface area contributed by atoms with Crippen molar-refractivity contribution in [3.8, 4) is 11.5 Å². The van der Waals surface area contributed by atoms with E-state index in [1.165, 1.54) is 12.8 Å². The molecule has 4 unspecified atom stereocenters. The number of nitrogens with zero attached hydrogens (tertiary/aromatic N) is 4. The average molecular weight is 783 g/mol. The van der Waals surface area contributed by atoms with Crippen LogP contribution in [0.2, 0.25) is 0 Å². The first-order valence-electron chi connectivity index (χ1n) is 18.1. The van der Waals surface area contributed by atoms with Gasteiger partial charge in [-0.2, -0.15) is 8.42 Å². The van der Waals surface area contributed by atoms with Gasteiger partial charge in [-0.25, -0.2) is 0 Å². The van der Waals surface area contributed by atoms with Crippen molar-refractivity contribution >= 4 is 32.2 Å². The Morgan fingerprint density at radius 1 is 0.727 bits per heavy atom. The zero-order valence-electron chi connectivity index (χ0n) is 31.2. The number of piperidine rings is 6. The molecule has 6 aliphatic heterocycles. The molecule has 10 rings (SSSR count). The number of fused-ring (bicyclic) bond motifs is 8. The molecule has 2 aromatic heterocycles. The molecule has 0 saturated carbocycles. The Bertz CT molecular complexity index is 1900. The predicted octanol–water partition coefficient (Wildman–Crippen LogP) is 4.04. The van der Waals surface area contributed by atoms with E-state index >= 15 is 0 Å². The summed E-state index contributed by atoms with van der Waals surface area (Å²) >= 11 is 0. The van der Waals surface area contributed by atoms with Crippen LogP contribution in [0.3, 0.4) is 0 Å². The molecule has 0 radical (unpaired) electrons. The van der Waals surface area contributed by atoms with Gasteiger partial charge in [-0.15, -0.1) is 13.2 Å². The molecule has 300 valence electrons. The van der Waals surface area contributed by atoms with Crippen LogP contribution in [0.1, 0.15) is 49.0 Å². The van der Waals surface area contributed by atoms with E-state index in [1.54, 1.807) is 26.6 Å². The first-order valence-corrected chi connectivity index (χ1v) is 19.5. The molecule has 14 nitrogen and oxygen atoms in total. The molecule has 0 aliphatic carbocycles. The van der Waals surface area contributed by atoms with Gasteiger partial charge < -0.3 is 30.6 Å². The molecule has 55 heavy (non-hydrogen) atoms. The maximum Gasteiger partial charge on any atom is 0.394 e. The smallest absolute Gasteiger partial charge is 0.394 e. The number of benzene rings is 2. The Balaban J connectivity index is 0.000000211. The summed E-state index contributed by atoms with van der Waals surface area (Å²) in [6.07, 6.45) is 11.2. The van der Waals surface area contributed by atoms with Gasteiger partial charge in [0.25, 0.3) is 0 Å². The molecule has 4 aromatic rings. The highest BCUT2D eigenvalue weighted by molar-refractivity contribution is 7.79. The minimum absolute atomic E-state index is 0. The van der Waals surface area contributed by atoms with Crippen LogP contribution in [0, 0.1) is 23.7 Å². The van der Waals surface area contributed by atoms with Crippen molar-refractivity contribution < 1.29 is 48.2 Å². The lowest BCUT2D eigenvalue weighted by Crippen LogP contribution is -2.54. The number of hydrogen-bond donors (Lipinski definition) is 4. The van der Waals surface area contributed by atoms with Gasteiger partial charge in [0.2, 0.25) is 0 Å². The summed E-state index contributed by atoms with van der Waals surface area (Å²) in [7, 11) is -1.34. The number of rotatable bonds is 8. The lowest BCUT2D eigenvalue weighted by Gasteiger charge is -2.50. The maximum absolute atomic E-state index is 11.2. The SMILES string of the molecule is C=C[C@H]1CN2CCC1C[C@H]2[C@H](O)c1ccnc2ccc(OC)cc12.C=C[C@H]1CN2CCC1C[C@H]2[C@H](O)c1ccnc2ccc(OC)cc12.O.O.O=S(=O)(O)O. The van der Waals surface area contributed by atoms with Crippen molar-refractivity contribution in [1.29, 1.82) is 0 Å². The third kappa shape index (κ3) is 9.86. The molecule has 4 bridgehead atoms. The van der Waals surface area contributed by atoms with E-state index in [-0.39, 0.29) is 23.0 Å². The van der Waals surface area contributed by atoms with Gasteiger partial charge in [0.15, 0.2) is 0 Å². The Morgan fingerprint density at radius 3 is 1.42 bits per heavy atom. The Hall–Kier alpha value is -4.03. The number of aromatic nitrogens is 2. The van der Waals surface area contributed by atoms with Gasteiger partial charge in [0.1, 0.15) is 11.5 Å². The van der Waals surface area contributed by atoms with Gasteiger partial charge in [-0.05, 0) is 122 Å². The van der Waals surface area contributed by atoms with Gasteiger partial charge >= 0.3 is 10.4 Å². The van der Waals surface area contributed by atoms with Crippen LogP contribution in [-0.2, 0) is 10.4 Å². The molecular weight excluding hydrogens is 729 g/mol. The molecule has 15 heteroatoms. The second kappa shape index (κ2) is 18.7. The topological polar surface area (TPSA) is 229 Å². The quantitative estimate of drug-likeness (QED) is 0.147. The van der Waals surface area contributed by atoms with E-state index in [9.17, 15) is 10.2 Å². The van der Waals surface area contributed by atoms with E-state index in [1.807, 2.05) is 48.5 Å². The van der Waals surface area contributed by atoms with Crippen molar-refractivity contribution in [2.45, 2.75) is 50.0 Å². The highest BCUT2D eigenvalue weighted by Crippen LogP contribution is 2.43. The molecule has 8 N–H and O–H groups in total. The van der Waals surface area contributed by atoms with E-state index in [4.69, 9.17) is 27.0 Å². The van der Waals surface area contributed by atoms with Gasteiger partial charge in [0, 0.05) is 48.3 Å². The third-order valence-electron chi connectivity index (χ3n) is 11.6. The summed E-state index contributed by atoms with van der Waals surface area (Å²) in [5, 5.41) is 24.3. The number of aliphatic hydroxyl groups excluding tert-OH is 2. The monoisotopic (exact) mass is 782 g/mol. The zero-order chi connectivity index (χ0) is 37.9. The molecule has 0 spiro atoms. The summed E-state index contributed by atoms with van der Waals surface area (Å²) < 4.78 is 42.3. The Morgan fingerprint density at radius 2 is 1.11 bits per heavy atom. The summed E-state index contributed by atoms with van der Waals surface area (Å²) in [6.45, 7) is 12.1. The van der Waals surface area contributed by atoms with Crippen LogP contribution < -0.4 is 9.47 Å². The van der Waals surface area contributed by atoms with Gasteiger partial charge in [-0.1, -0.05) is 12.2 Å². The van der Waals surface area contributed by atoms with E-state index in [2.05, 4.69) is 45.1 Å². The fraction of sp³-hybridized carbons (Fsp3) is 0.450. The fourth-order valence-electron chi connectivity index (χ4n) is 8.89. The summed E-state index contributed by atoms with van der Waals surface area (Å²) in [5.41, 5.74) is 3.69. The highest BCUT2D eigenvalue weighted by atomic mass is 32.3. The molecule has 0 amide bonds. The van der Waals surface area contributed by atoms with Crippen LogP contribution in [0.15, 0.2) is 86.2 Å². The predicted molar refractivity (Wildman–Crippen MR) is 211 cm³/mol. The van der Waals surface area contributed by atoms with Gasteiger partial charge in [-0.3, -0.25) is 28.9 Å². The minimum atomic E-state index is -4.67. The molecule has 6 saturated heterocycles. The fourth-order valence-corrected chi connectivity index (χ4v) is 8.89. The maximum atomic E-state index is 11.2. The molecule has 2 aromatic carbocycles. The Kier molecular flexibility index (Phi) is 14.9. The molecule has 8 heterocycles. The lowest BCUT2D eigenvalue weighted by atomic mass is 9.73. The normalized spacial score (nSPS) is 27.5.